The number of thiophene rings is 1. The van der Waals surface area contributed by atoms with Crippen molar-refractivity contribution >= 4 is 49.3 Å². The van der Waals surface area contributed by atoms with Crippen molar-refractivity contribution < 1.29 is 9.59 Å². The molecule has 0 atom stereocenters. The van der Waals surface area contributed by atoms with Gasteiger partial charge in [-0.05, 0) is 43.0 Å². The van der Waals surface area contributed by atoms with Crippen LogP contribution in [0.1, 0.15) is 42.3 Å². The molecule has 1 aliphatic carbocycles. The van der Waals surface area contributed by atoms with Crippen molar-refractivity contribution in [1.82, 2.24) is 0 Å². The Morgan fingerprint density at radius 1 is 1.33 bits per heavy atom. The summed E-state index contributed by atoms with van der Waals surface area (Å²) in [5.41, 5.74) is 0.669. The summed E-state index contributed by atoms with van der Waals surface area (Å²) in [5, 5.41) is 4.74. The molecule has 1 fully saturated rings. The highest BCUT2D eigenvalue weighted by Crippen LogP contribution is 2.30. The predicted molar refractivity (Wildman–Crippen MR) is 82.4 cm³/mol. The highest BCUT2D eigenvalue weighted by molar-refractivity contribution is 14.1. The number of anilines is 1. The van der Waals surface area contributed by atoms with Crippen LogP contribution in [0.2, 0.25) is 0 Å². The lowest BCUT2D eigenvalue weighted by atomic mass is 9.82. The van der Waals surface area contributed by atoms with Gasteiger partial charge in [0.15, 0.2) is 0 Å². The third kappa shape index (κ3) is 3.32. The van der Waals surface area contributed by atoms with Crippen LogP contribution in [0.3, 0.4) is 0 Å². The summed E-state index contributed by atoms with van der Waals surface area (Å²) >= 11 is 3.13. The quantitative estimate of drug-likeness (QED) is 0.637. The van der Waals surface area contributed by atoms with E-state index in [4.69, 9.17) is 0 Å². The summed E-state index contributed by atoms with van der Waals surface area (Å²) in [4.78, 5) is 24.1. The second-order valence-corrected chi connectivity index (χ2v) is 6.78. The van der Waals surface area contributed by atoms with Gasteiger partial charge in [-0.25, -0.2) is 0 Å². The SMILES string of the molecule is C[C@H]1CC[C@H](C(=O)Nc2ccsc2C(=O)I)CC1. The van der Waals surface area contributed by atoms with E-state index in [0.717, 1.165) is 31.6 Å². The zero-order valence-corrected chi connectivity index (χ0v) is 13.2. The van der Waals surface area contributed by atoms with Crippen LogP contribution < -0.4 is 5.32 Å². The Morgan fingerprint density at radius 3 is 2.61 bits per heavy atom. The van der Waals surface area contributed by atoms with Gasteiger partial charge in [0, 0.05) is 28.5 Å². The second kappa shape index (κ2) is 6.14. The molecule has 98 valence electrons. The van der Waals surface area contributed by atoms with Crippen LogP contribution >= 0.6 is 33.9 Å². The maximum atomic E-state index is 12.1. The van der Waals surface area contributed by atoms with Gasteiger partial charge in [-0.1, -0.05) is 6.92 Å². The van der Waals surface area contributed by atoms with Crippen molar-refractivity contribution in [3.8, 4) is 0 Å². The molecule has 0 aromatic carbocycles. The standard InChI is InChI=1S/C13H16INO2S/c1-8-2-4-9(5-3-8)13(17)15-10-6-7-18-11(10)12(14)16/h6-9H,2-5H2,1H3,(H,15,17)/t8-,9-. The number of rotatable bonds is 3. The van der Waals surface area contributed by atoms with Gasteiger partial charge in [0.1, 0.15) is 4.88 Å². The Labute approximate surface area is 124 Å². The molecule has 1 aromatic heterocycles. The predicted octanol–water partition coefficient (Wildman–Crippen LogP) is 4.09. The van der Waals surface area contributed by atoms with Crippen molar-refractivity contribution in [2.24, 2.45) is 11.8 Å². The topological polar surface area (TPSA) is 46.2 Å². The van der Waals surface area contributed by atoms with Crippen LogP contribution in [0.25, 0.3) is 0 Å². The zero-order chi connectivity index (χ0) is 13.1. The first kappa shape index (κ1) is 14.0. The van der Waals surface area contributed by atoms with E-state index in [0.29, 0.717) is 10.6 Å². The Balaban J connectivity index is 1.98. The van der Waals surface area contributed by atoms with Crippen molar-refractivity contribution in [3.63, 3.8) is 0 Å². The molecule has 2 rings (SSSR count). The van der Waals surface area contributed by atoms with Crippen LogP contribution in [-0.2, 0) is 4.79 Å². The van der Waals surface area contributed by atoms with Gasteiger partial charge in [-0.2, -0.15) is 0 Å². The molecule has 0 radical (unpaired) electrons. The molecule has 5 heteroatoms. The van der Waals surface area contributed by atoms with E-state index < -0.39 is 0 Å². The maximum Gasteiger partial charge on any atom is 0.234 e. The molecule has 0 spiro atoms. The second-order valence-electron chi connectivity index (χ2n) is 4.88. The largest absolute Gasteiger partial charge is 0.324 e. The Morgan fingerprint density at radius 2 is 2.00 bits per heavy atom. The normalized spacial score (nSPS) is 23.7. The molecule has 1 saturated carbocycles. The first-order valence-electron chi connectivity index (χ1n) is 6.16. The van der Waals surface area contributed by atoms with Gasteiger partial charge in [0.25, 0.3) is 0 Å². The van der Waals surface area contributed by atoms with Gasteiger partial charge in [-0.15, -0.1) is 11.3 Å². The first-order valence-corrected chi connectivity index (χ1v) is 8.12. The summed E-state index contributed by atoms with van der Waals surface area (Å²) in [7, 11) is 0. The summed E-state index contributed by atoms with van der Waals surface area (Å²) in [6, 6.07) is 1.81. The van der Waals surface area contributed by atoms with Gasteiger partial charge < -0.3 is 5.32 Å². The molecule has 1 aromatic rings. The maximum absolute atomic E-state index is 12.1. The minimum Gasteiger partial charge on any atom is -0.324 e. The highest BCUT2D eigenvalue weighted by atomic mass is 127. The molecule has 0 aliphatic heterocycles. The molecule has 0 unspecified atom stereocenters. The van der Waals surface area contributed by atoms with Crippen LogP contribution in [0.15, 0.2) is 11.4 Å². The molecule has 1 aliphatic rings. The third-order valence-corrected chi connectivity index (χ3v) is 5.31. The smallest absolute Gasteiger partial charge is 0.234 e. The fourth-order valence-corrected chi connectivity index (χ4v) is 3.67. The lowest BCUT2D eigenvalue weighted by Crippen LogP contribution is -2.26. The number of hydrogen-bond donors (Lipinski definition) is 1. The minimum absolute atomic E-state index is 0.0184. The van der Waals surface area contributed by atoms with Crippen LogP contribution in [0.5, 0.6) is 0 Å². The van der Waals surface area contributed by atoms with Crippen molar-refractivity contribution in [1.29, 1.82) is 0 Å². The molecule has 1 amide bonds. The first-order chi connectivity index (χ1) is 8.58. The lowest BCUT2D eigenvalue weighted by molar-refractivity contribution is -0.121. The molecule has 18 heavy (non-hydrogen) atoms. The average molecular weight is 377 g/mol. The molecular weight excluding hydrogens is 361 g/mol. The van der Waals surface area contributed by atoms with Gasteiger partial charge >= 0.3 is 0 Å². The molecule has 0 bridgehead atoms. The van der Waals surface area contributed by atoms with Crippen LogP contribution in [0.4, 0.5) is 5.69 Å². The number of amides is 1. The van der Waals surface area contributed by atoms with Crippen molar-refractivity contribution in [2.75, 3.05) is 5.32 Å². The van der Waals surface area contributed by atoms with E-state index in [1.54, 1.807) is 28.7 Å². The van der Waals surface area contributed by atoms with E-state index in [9.17, 15) is 9.59 Å². The molecule has 3 nitrogen and oxygen atoms in total. The van der Waals surface area contributed by atoms with Gasteiger partial charge in [0.05, 0.1) is 5.69 Å². The van der Waals surface area contributed by atoms with E-state index in [2.05, 4.69) is 12.2 Å². The van der Waals surface area contributed by atoms with E-state index in [-0.39, 0.29) is 15.6 Å². The van der Waals surface area contributed by atoms with E-state index >= 15 is 0 Å². The van der Waals surface area contributed by atoms with E-state index in [1.165, 1.54) is 11.3 Å². The summed E-state index contributed by atoms with van der Waals surface area (Å²) in [6.45, 7) is 2.24. The number of carbonyl (C=O) groups excluding carboxylic acids is 2. The monoisotopic (exact) mass is 377 g/mol. The highest BCUT2D eigenvalue weighted by Gasteiger charge is 2.25. The number of halogens is 1. The summed E-state index contributed by atoms with van der Waals surface area (Å²) < 4.78 is -0.0184. The molecular formula is C13H16INO2S. The Hall–Kier alpha value is -0.430. The van der Waals surface area contributed by atoms with Gasteiger partial charge in [-0.3, -0.25) is 9.59 Å². The van der Waals surface area contributed by atoms with Crippen LogP contribution in [0, 0.1) is 11.8 Å². The number of carbonyl (C=O) groups is 2. The fraction of sp³-hybridized carbons (Fsp3) is 0.538. The van der Waals surface area contributed by atoms with E-state index in [1.807, 2.05) is 5.38 Å². The Kier molecular flexibility index (Phi) is 4.77. The molecule has 0 saturated heterocycles. The minimum atomic E-state index is -0.0184. The number of nitrogens with one attached hydrogen (secondary N) is 1. The van der Waals surface area contributed by atoms with Gasteiger partial charge in [0.2, 0.25) is 9.70 Å². The lowest BCUT2D eigenvalue weighted by Gasteiger charge is -2.25. The fourth-order valence-electron chi connectivity index (χ4n) is 2.32. The summed E-state index contributed by atoms with van der Waals surface area (Å²) in [6.07, 6.45) is 4.18. The Bertz CT molecular complexity index is 450. The average Bonchev–Trinajstić information content (AvgIpc) is 2.78. The number of hydrogen-bond acceptors (Lipinski definition) is 3. The van der Waals surface area contributed by atoms with Crippen molar-refractivity contribution in [3.05, 3.63) is 16.3 Å². The zero-order valence-electron chi connectivity index (χ0n) is 10.2. The molecule has 1 heterocycles. The summed E-state index contributed by atoms with van der Waals surface area (Å²) in [5.74, 6) is 0.916. The third-order valence-electron chi connectivity index (χ3n) is 3.49. The van der Waals surface area contributed by atoms with Crippen LogP contribution in [-0.4, -0.2) is 9.70 Å². The van der Waals surface area contributed by atoms with Crippen molar-refractivity contribution in [2.45, 2.75) is 32.6 Å². The molecule has 1 N–H and O–H groups in total.